The number of nitrogens with two attached hydrogens (primary N) is 1. The number of fused-ring (bicyclic) bond motifs is 1. The van der Waals surface area contributed by atoms with Gasteiger partial charge in [0.25, 0.3) is 0 Å². The molecule has 3 aliphatic rings. The van der Waals surface area contributed by atoms with Gasteiger partial charge in [0.15, 0.2) is 0 Å². The lowest BCUT2D eigenvalue weighted by atomic mass is 9.81. The smallest absolute Gasteiger partial charge is 0.123 e. The lowest BCUT2D eigenvalue weighted by Crippen LogP contribution is -2.27. The van der Waals surface area contributed by atoms with Gasteiger partial charge >= 0.3 is 0 Å². The fourth-order valence-corrected chi connectivity index (χ4v) is 5.58. The summed E-state index contributed by atoms with van der Waals surface area (Å²) in [7, 11) is 0. The summed E-state index contributed by atoms with van der Waals surface area (Å²) in [6, 6.07) is 14.9. The van der Waals surface area contributed by atoms with Gasteiger partial charge in [-0.15, -0.1) is 0 Å². The van der Waals surface area contributed by atoms with Gasteiger partial charge in [-0.05, 0) is 72.7 Å². The number of rotatable bonds is 5. The van der Waals surface area contributed by atoms with Crippen LogP contribution >= 0.6 is 0 Å². The van der Waals surface area contributed by atoms with E-state index < -0.39 is 0 Å². The summed E-state index contributed by atoms with van der Waals surface area (Å²) < 4.78 is 21.8. The highest BCUT2D eigenvalue weighted by molar-refractivity contribution is 8.07. The fourth-order valence-electron chi connectivity index (χ4n) is 5.58. The van der Waals surface area contributed by atoms with Gasteiger partial charge in [-0.2, -0.15) is 5.10 Å². The van der Waals surface area contributed by atoms with Crippen molar-refractivity contribution in [1.29, 1.82) is 0 Å². The van der Waals surface area contributed by atoms with E-state index in [1.807, 2.05) is 10.9 Å². The molecule has 1 spiro atoms. The first kappa shape index (κ1) is 24.7. The molecule has 1 saturated carbocycles. The van der Waals surface area contributed by atoms with Crippen molar-refractivity contribution in [3.05, 3.63) is 95.4 Å². The second-order valence-electron chi connectivity index (χ2n) is 8.69. The molecule has 34 heavy (non-hydrogen) atoms. The Hall–Kier alpha value is -2.45. The average Bonchev–Trinajstić information content (AvgIpc) is 3.16. The molecule has 0 amide bonds. The summed E-state index contributed by atoms with van der Waals surface area (Å²) in [5, 5.41) is 4.59. The number of hydrogen-bond acceptors (Lipinski definition) is 5. The van der Waals surface area contributed by atoms with Crippen LogP contribution in [0.5, 0.6) is 0 Å². The van der Waals surface area contributed by atoms with Crippen LogP contribution in [0.4, 0.5) is 4.39 Å². The van der Waals surface area contributed by atoms with Gasteiger partial charge in [0.2, 0.25) is 0 Å². The number of aromatic nitrogens is 2. The molecule has 6 rings (SSSR count). The molecule has 0 radical (unpaired) electrons. The van der Waals surface area contributed by atoms with Crippen molar-refractivity contribution < 1.29 is 9.13 Å². The van der Waals surface area contributed by atoms with E-state index in [1.54, 1.807) is 19.1 Å². The van der Waals surface area contributed by atoms with Gasteiger partial charge in [-0.25, -0.2) is 9.07 Å². The number of benzene rings is 2. The van der Waals surface area contributed by atoms with E-state index in [4.69, 9.17) is 10.5 Å². The summed E-state index contributed by atoms with van der Waals surface area (Å²) >= 11 is 7.33. The maximum absolute atomic E-state index is 13.3. The lowest BCUT2D eigenvalue weighted by molar-refractivity contribution is 0.235. The standard InChI is InChI=1S/C25H24FN3O.C2H5.S2/c26-21-5-7-22(8-6-21)29-23-13-20-10-12-24(25(20,30-24)14-19(23)16-28-29)11-9-17-3-1-2-4-18(17)15-27;2*1-2/h1-8,13,16H,9-12,14-15,27H2;1H2,2H3;/q;+1;/t24-,25?;;/m0../s1. The Morgan fingerprint density at radius 2 is 1.82 bits per heavy atom. The van der Waals surface area contributed by atoms with Crippen LogP contribution in [0.25, 0.3) is 11.8 Å². The molecule has 2 fully saturated rings. The topological polar surface area (TPSA) is 56.4 Å². The van der Waals surface area contributed by atoms with Crippen LogP contribution in [0.1, 0.15) is 48.6 Å². The molecule has 2 aliphatic carbocycles. The van der Waals surface area contributed by atoms with Crippen LogP contribution in [0.15, 0.2) is 60.3 Å². The minimum Gasteiger partial charge on any atom is -0.357 e. The molecule has 1 unspecified atom stereocenters. The maximum Gasteiger partial charge on any atom is 0.123 e. The second-order valence-corrected chi connectivity index (χ2v) is 8.69. The monoisotopic (exact) mass is 494 g/mol. The largest absolute Gasteiger partial charge is 0.357 e. The summed E-state index contributed by atoms with van der Waals surface area (Å²) in [6.07, 6.45) is 9.21. The Morgan fingerprint density at radius 3 is 2.53 bits per heavy atom. The van der Waals surface area contributed by atoms with Crippen molar-refractivity contribution in [2.24, 2.45) is 5.73 Å². The van der Waals surface area contributed by atoms with Crippen molar-refractivity contribution >= 4 is 28.5 Å². The van der Waals surface area contributed by atoms with E-state index in [-0.39, 0.29) is 17.0 Å². The molecular weight excluding hydrogens is 465 g/mol. The highest BCUT2D eigenvalue weighted by Gasteiger charge is 2.74. The van der Waals surface area contributed by atoms with E-state index in [0.717, 1.165) is 43.5 Å². The van der Waals surface area contributed by atoms with Gasteiger partial charge in [0, 0.05) is 40.9 Å². The van der Waals surface area contributed by atoms with Crippen molar-refractivity contribution in [2.75, 3.05) is 0 Å². The third kappa shape index (κ3) is 4.01. The van der Waals surface area contributed by atoms with Gasteiger partial charge in [-0.1, -0.05) is 24.3 Å². The quantitative estimate of drug-likeness (QED) is 0.391. The number of nitrogens with zero attached hydrogens (tertiary/aromatic N) is 2. The minimum atomic E-state index is -0.236. The van der Waals surface area contributed by atoms with Gasteiger partial charge < -0.3 is 10.5 Å². The SMILES string of the molecule is NCc1ccccc1CC[C@]12CCC3=Cc4c(cnn4-c4ccc(F)cc4)CC31O2.S=S.[CH2+]C. The number of epoxide rings is 1. The number of halogens is 1. The van der Waals surface area contributed by atoms with E-state index in [9.17, 15) is 4.39 Å². The summed E-state index contributed by atoms with van der Waals surface area (Å²) in [5.41, 5.74) is 12.8. The van der Waals surface area contributed by atoms with Crippen LogP contribution < -0.4 is 5.73 Å². The lowest BCUT2D eigenvalue weighted by Gasteiger charge is -2.20. The van der Waals surface area contributed by atoms with Crippen molar-refractivity contribution in [1.82, 2.24) is 9.78 Å². The van der Waals surface area contributed by atoms with E-state index >= 15 is 0 Å². The first-order valence-corrected chi connectivity index (χ1v) is 12.9. The first-order chi connectivity index (χ1) is 16.6. The first-order valence-electron chi connectivity index (χ1n) is 11.5. The Bertz CT molecular complexity index is 1190. The highest BCUT2D eigenvalue weighted by Crippen LogP contribution is 2.67. The molecular formula is C27H29FN3OS2+. The van der Waals surface area contributed by atoms with Crippen LogP contribution in [0.3, 0.4) is 0 Å². The van der Waals surface area contributed by atoms with Crippen molar-refractivity contribution in [2.45, 2.75) is 56.8 Å². The number of aryl methyl sites for hydroxylation is 1. The van der Waals surface area contributed by atoms with Gasteiger partial charge in [0.05, 0.1) is 31.4 Å². The van der Waals surface area contributed by atoms with Crippen molar-refractivity contribution in [3.63, 3.8) is 0 Å². The molecule has 2 N–H and O–H groups in total. The Kier molecular flexibility index (Phi) is 7.28. The van der Waals surface area contributed by atoms with Crippen LogP contribution in [-0.2, 0) is 46.5 Å². The van der Waals surface area contributed by atoms with Crippen molar-refractivity contribution in [3.8, 4) is 5.69 Å². The molecule has 2 heterocycles. The number of ether oxygens (including phenoxy) is 1. The average molecular weight is 495 g/mol. The van der Waals surface area contributed by atoms with Gasteiger partial charge in [-0.3, -0.25) is 0 Å². The Balaban J connectivity index is 0.000000652. The third-order valence-electron chi connectivity index (χ3n) is 7.23. The Labute approximate surface area is 210 Å². The zero-order chi connectivity index (χ0) is 24.3. The predicted molar refractivity (Wildman–Crippen MR) is 139 cm³/mol. The summed E-state index contributed by atoms with van der Waals surface area (Å²) in [6.45, 7) is 5.58. The van der Waals surface area contributed by atoms with E-state index in [2.05, 4.69) is 64.7 Å². The molecule has 1 aliphatic heterocycles. The fraction of sp³-hybridized carbons (Fsp3) is 0.333. The third-order valence-corrected chi connectivity index (χ3v) is 7.23. The molecule has 2 aromatic carbocycles. The van der Waals surface area contributed by atoms with Gasteiger partial charge in [0.1, 0.15) is 17.0 Å². The minimum absolute atomic E-state index is 0.0593. The predicted octanol–water partition coefficient (Wildman–Crippen LogP) is 5.18. The second kappa shape index (κ2) is 10.0. The molecule has 1 saturated heterocycles. The number of hydrogen-bond donors (Lipinski definition) is 1. The zero-order valence-electron chi connectivity index (χ0n) is 19.3. The Morgan fingerprint density at radius 1 is 1.12 bits per heavy atom. The molecule has 2 atom stereocenters. The summed E-state index contributed by atoms with van der Waals surface area (Å²) in [5.74, 6) is -0.236. The van der Waals surface area contributed by atoms with E-state index in [0.29, 0.717) is 6.54 Å². The molecule has 4 nitrogen and oxygen atoms in total. The highest BCUT2D eigenvalue weighted by atomic mass is 32.8. The van der Waals surface area contributed by atoms with Crippen LogP contribution in [0.2, 0.25) is 0 Å². The van der Waals surface area contributed by atoms with Crippen LogP contribution in [0, 0.1) is 12.7 Å². The maximum atomic E-state index is 13.3. The molecule has 0 bridgehead atoms. The van der Waals surface area contributed by atoms with Crippen LogP contribution in [-0.4, -0.2) is 21.0 Å². The molecule has 176 valence electrons. The van der Waals surface area contributed by atoms with E-state index in [1.165, 1.54) is 34.4 Å². The molecule has 1 aromatic heterocycles. The zero-order valence-corrected chi connectivity index (χ0v) is 20.9. The molecule has 7 heteroatoms. The molecule has 3 aromatic rings. The normalized spacial score (nSPS) is 23.2. The summed E-state index contributed by atoms with van der Waals surface area (Å²) in [4.78, 5) is 0.